The van der Waals surface area contributed by atoms with Crippen molar-refractivity contribution in [3.8, 4) is 22.7 Å². The van der Waals surface area contributed by atoms with Crippen LogP contribution in [0.1, 0.15) is 12.5 Å². The van der Waals surface area contributed by atoms with E-state index in [9.17, 15) is 4.79 Å². The van der Waals surface area contributed by atoms with Crippen molar-refractivity contribution in [2.24, 2.45) is 7.05 Å². The van der Waals surface area contributed by atoms with Gasteiger partial charge in [-0.2, -0.15) is 0 Å². The van der Waals surface area contributed by atoms with E-state index in [-0.39, 0.29) is 5.69 Å². The number of hydrogen-bond donors (Lipinski definition) is 0. The van der Waals surface area contributed by atoms with Crippen molar-refractivity contribution in [2.45, 2.75) is 13.8 Å². The predicted molar refractivity (Wildman–Crippen MR) is 121 cm³/mol. The lowest BCUT2D eigenvalue weighted by Gasteiger charge is -2.09. The first-order chi connectivity index (χ1) is 15.1. The van der Waals surface area contributed by atoms with E-state index >= 15 is 0 Å². The summed E-state index contributed by atoms with van der Waals surface area (Å²) in [5.74, 6) is 0.597. The first-order valence-corrected chi connectivity index (χ1v) is 10.1. The van der Waals surface area contributed by atoms with Gasteiger partial charge in [0.25, 0.3) is 0 Å². The number of aryl methyl sites for hydroxylation is 2. The van der Waals surface area contributed by atoms with E-state index in [0.717, 1.165) is 44.3 Å². The summed E-state index contributed by atoms with van der Waals surface area (Å²) in [7, 11) is 1.76. The van der Waals surface area contributed by atoms with E-state index in [0.29, 0.717) is 12.5 Å². The monoisotopic (exact) mass is 411 g/mol. The fourth-order valence-electron chi connectivity index (χ4n) is 3.86. The molecule has 1 aromatic carbocycles. The second-order valence-corrected chi connectivity index (χ2v) is 7.44. The zero-order valence-electron chi connectivity index (χ0n) is 17.5. The summed E-state index contributed by atoms with van der Waals surface area (Å²) in [4.78, 5) is 26.4. The Morgan fingerprint density at radius 1 is 0.968 bits per heavy atom. The van der Waals surface area contributed by atoms with Gasteiger partial charge >= 0.3 is 5.69 Å². The molecule has 5 aromatic rings. The summed E-state index contributed by atoms with van der Waals surface area (Å²) in [5, 5.41) is 0.892. The van der Waals surface area contributed by atoms with Crippen LogP contribution < -0.4 is 10.4 Å². The molecule has 0 fully saturated rings. The SMILES string of the molecule is CCOc1ccc(-c2ccc3ncc4c(c3c2)n(-c2cncc(C)c2)c(=O)n4C)cn1. The highest BCUT2D eigenvalue weighted by Gasteiger charge is 2.17. The first kappa shape index (κ1) is 19.0. The van der Waals surface area contributed by atoms with Gasteiger partial charge in [0, 0.05) is 36.5 Å². The van der Waals surface area contributed by atoms with Crippen LogP contribution in [0.25, 0.3) is 38.8 Å². The summed E-state index contributed by atoms with van der Waals surface area (Å²) in [6.45, 7) is 4.47. The van der Waals surface area contributed by atoms with Gasteiger partial charge in [0.15, 0.2) is 0 Å². The molecule has 0 aliphatic heterocycles. The Hall–Kier alpha value is -4.00. The first-order valence-electron chi connectivity index (χ1n) is 10.1. The quantitative estimate of drug-likeness (QED) is 0.446. The van der Waals surface area contributed by atoms with Crippen LogP contribution >= 0.6 is 0 Å². The molecule has 0 amide bonds. The van der Waals surface area contributed by atoms with E-state index < -0.39 is 0 Å². The molecule has 0 bridgehead atoms. The van der Waals surface area contributed by atoms with Gasteiger partial charge in [-0.3, -0.25) is 19.1 Å². The van der Waals surface area contributed by atoms with Gasteiger partial charge in [-0.1, -0.05) is 6.07 Å². The number of fused-ring (bicyclic) bond motifs is 3. The molecule has 154 valence electrons. The topological polar surface area (TPSA) is 74.8 Å². The van der Waals surface area contributed by atoms with Gasteiger partial charge in [-0.05, 0) is 49.2 Å². The van der Waals surface area contributed by atoms with Gasteiger partial charge in [-0.25, -0.2) is 9.78 Å². The normalized spacial score (nSPS) is 11.3. The van der Waals surface area contributed by atoms with Gasteiger partial charge in [0.1, 0.15) is 0 Å². The van der Waals surface area contributed by atoms with E-state index in [1.54, 1.807) is 41.0 Å². The molecule has 0 aliphatic carbocycles. The van der Waals surface area contributed by atoms with Crippen molar-refractivity contribution in [1.29, 1.82) is 0 Å². The maximum Gasteiger partial charge on any atom is 0.333 e. The molecule has 7 nitrogen and oxygen atoms in total. The van der Waals surface area contributed by atoms with Crippen LogP contribution in [0.4, 0.5) is 0 Å². The Morgan fingerprint density at radius 3 is 2.55 bits per heavy atom. The minimum absolute atomic E-state index is 0.134. The lowest BCUT2D eigenvalue weighted by atomic mass is 10.0. The maximum atomic E-state index is 13.1. The van der Waals surface area contributed by atoms with E-state index in [1.165, 1.54) is 0 Å². The summed E-state index contributed by atoms with van der Waals surface area (Å²) in [6, 6.07) is 11.8. The molecule has 0 atom stereocenters. The molecule has 4 heterocycles. The van der Waals surface area contributed by atoms with Gasteiger partial charge in [0.2, 0.25) is 5.88 Å². The molecule has 0 radical (unpaired) electrons. The molecule has 0 saturated heterocycles. The smallest absolute Gasteiger partial charge is 0.333 e. The third kappa shape index (κ3) is 3.15. The fraction of sp³-hybridized carbons (Fsp3) is 0.167. The van der Waals surface area contributed by atoms with Gasteiger partial charge < -0.3 is 4.74 Å². The second kappa shape index (κ2) is 7.36. The van der Waals surface area contributed by atoms with Gasteiger partial charge in [0.05, 0.1) is 41.2 Å². The Morgan fingerprint density at radius 2 is 1.81 bits per heavy atom. The van der Waals surface area contributed by atoms with E-state index in [4.69, 9.17) is 4.74 Å². The van der Waals surface area contributed by atoms with Gasteiger partial charge in [-0.15, -0.1) is 0 Å². The molecule has 7 heteroatoms. The summed E-state index contributed by atoms with van der Waals surface area (Å²) < 4.78 is 8.78. The van der Waals surface area contributed by atoms with Crippen molar-refractivity contribution >= 4 is 21.9 Å². The van der Waals surface area contributed by atoms with Crippen molar-refractivity contribution < 1.29 is 4.74 Å². The molecule has 0 spiro atoms. The number of aromatic nitrogens is 5. The maximum absolute atomic E-state index is 13.1. The lowest BCUT2D eigenvalue weighted by Crippen LogP contribution is -2.21. The molecule has 0 saturated carbocycles. The Balaban J connectivity index is 1.78. The molecule has 0 aliphatic rings. The van der Waals surface area contributed by atoms with Crippen LogP contribution in [0.15, 0.2) is 66.0 Å². The number of imidazole rings is 1. The Bertz CT molecular complexity index is 1480. The Labute approximate surface area is 178 Å². The van der Waals surface area contributed by atoms with Crippen LogP contribution in [-0.4, -0.2) is 30.7 Å². The van der Waals surface area contributed by atoms with Crippen molar-refractivity contribution in [3.63, 3.8) is 0 Å². The van der Waals surface area contributed by atoms with Crippen LogP contribution in [0, 0.1) is 6.92 Å². The summed E-state index contributed by atoms with van der Waals surface area (Å²) in [6.07, 6.45) is 7.02. The van der Waals surface area contributed by atoms with E-state index in [2.05, 4.69) is 21.0 Å². The largest absolute Gasteiger partial charge is 0.478 e. The van der Waals surface area contributed by atoms with Crippen molar-refractivity contribution in [3.05, 3.63) is 77.2 Å². The van der Waals surface area contributed by atoms with Crippen LogP contribution in [0.3, 0.4) is 0 Å². The Kier molecular flexibility index (Phi) is 4.51. The molecule has 0 N–H and O–H groups in total. The molecule has 0 unspecified atom stereocenters. The standard InChI is InChI=1S/C24H21N5O2/c1-4-31-22-8-6-17(12-27-22)16-5-7-20-19(10-16)23-21(14-26-20)28(3)24(30)29(23)18-9-15(2)11-25-13-18/h5-14H,4H2,1-3H3. The number of ether oxygens (including phenoxy) is 1. The molecule has 31 heavy (non-hydrogen) atoms. The van der Waals surface area contributed by atoms with E-state index in [1.807, 2.05) is 44.2 Å². The predicted octanol–water partition coefficient (Wildman–Crippen LogP) is 4.04. The minimum Gasteiger partial charge on any atom is -0.478 e. The average Bonchev–Trinajstić information content (AvgIpc) is 3.05. The highest BCUT2D eigenvalue weighted by atomic mass is 16.5. The van der Waals surface area contributed by atoms with Crippen molar-refractivity contribution in [2.75, 3.05) is 6.61 Å². The lowest BCUT2D eigenvalue weighted by molar-refractivity contribution is 0.327. The van der Waals surface area contributed by atoms with Crippen LogP contribution in [0.5, 0.6) is 5.88 Å². The third-order valence-corrected chi connectivity index (χ3v) is 5.36. The zero-order chi connectivity index (χ0) is 21.5. The summed E-state index contributed by atoms with van der Waals surface area (Å²) in [5.41, 5.74) is 5.93. The number of nitrogens with zero attached hydrogens (tertiary/aromatic N) is 5. The zero-order valence-corrected chi connectivity index (χ0v) is 17.5. The fourth-order valence-corrected chi connectivity index (χ4v) is 3.86. The summed E-state index contributed by atoms with van der Waals surface area (Å²) >= 11 is 0. The second-order valence-electron chi connectivity index (χ2n) is 7.44. The number of rotatable bonds is 4. The molecular weight excluding hydrogens is 390 g/mol. The third-order valence-electron chi connectivity index (χ3n) is 5.36. The van der Waals surface area contributed by atoms with Crippen LogP contribution in [0.2, 0.25) is 0 Å². The number of pyridine rings is 3. The highest BCUT2D eigenvalue weighted by molar-refractivity contribution is 6.04. The molecular formula is C24H21N5O2. The number of benzene rings is 1. The highest BCUT2D eigenvalue weighted by Crippen LogP contribution is 2.30. The number of hydrogen-bond acceptors (Lipinski definition) is 5. The molecule has 5 rings (SSSR count). The molecule has 4 aromatic heterocycles. The minimum atomic E-state index is -0.134. The van der Waals surface area contributed by atoms with Crippen molar-refractivity contribution in [1.82, 2.24) is 24.1 Å². The average molecular weight is 411 g/mol. The van der Waals surface area contributed by atoms with Crippen LogP contribution in [-0.2, 0) is 7.05 Å².